The van der Waals surface area contributed by atoms with Crippen molar-refractivity contribution in [1.29, 1.82) is 0 Å². The van der Waals surface area contributed by atoms with Gasteiger partial charge in [-0.3, -0.25) is 9.59 Å². The van der Waals surface area contributed by atoms with Crippen LogP contribution >= 0.6 is 11.3 Å². The van der Waals surface area contributed by atoms with Crippen molar-refractivity contribution in [3.8, 4) is 16.9 Å². The first-order chi connectivity index (χ1) is 18.7. The summed E-state index contributed by atoms with van der Waals surface area (Å²) in [7, 11) is 1.22. The summed E-state index contributed by atoms with van der Waals surface area (Å²) in [4.78, 5) is 24.3. The van der Waals surface area contributed by atoms with Gasteiger partial charge in [0, 0.05) is 17.8 Å². The average molecular weight is 588 g/mol. The van der Waals surface area contributed by atoms with Crippen molar-refractivity contribution in [3.63, 3.8) is 0 Å². The molecule has 1 aromatic heterocycles. The number of ether oxygens (including phenoxy) is 2. The Morgan fingerprint density at radius 3 is 2.12 bits per heavy atom. The summed E-state index contributed by atoms with van der Waals surface area (Å²) < 4.78 is 88.6. The molecule has 0 aliphatic rings. The lowest BCUT2D eigenvalue weighted by atomic mass is 9.94. The van der Waals surface area contributed by atoms with Gasteiger partial charge >= 0.3 is 18.3 Å². The first-order valence-corrected chi connectivity index (χ1v) is 13.0. The van der Waals surface area contributed by atoms with Gasteiger partial charge in [-0.05, 0) is 78.9 Å². The average Bonchev–Trinajstić information content (AvgIpc) is 3.35. The number of benzene rings is 2. The number of esters is 1. The van der Waals surface area contributed by atoms with E-state index in [4.69, 9.17) is 4.74 Å². The highest BCUT2D eigenvalue weighted by atomic mass is 32.1. The Labute approximate surface area is 231 Å². The smallest absolute Gasteiger partial charge is 0.416 e. The van der Waals surface area contributed by atoms with E-state index >= 15 is 0 Å². The van der Waals surface area contributed by atoms with Gasteiger partial charge in [0.15, 0.2) is 0 Å². The molecular formula is C28H27F6NO4S. The molecule has 0 spiro atoms. The van der Waals surface area contributed by atoms with Gasteiger partial charge in [0.05, 0.1) is 24.0 Å². The van der Waals surface area contributed by atoms with Gasteiger partial charge in [-0.25, -0.2) is 0 Å². The minimum atomic E-state index is -4.46. The van der Waals surface area contributed by atoms with Crippen LogP contribution in [-0.2, 0) is 15.7 Å². The number of amides is 1. The Hall–Kier alpha value is -3.54. The standard InChI is InChI=1S/C28H27F6NO4S/c1-16-14-20(15-17(2)25(16)18-4-6-19(7-5-18)28(32,33)34)39-21(10-12-27(29,30)31)22-8-9-23(40-22)26(37)35-13-11-24(36)38-3/h4-9,14-15,21H,10-13H2,1-3H3,(H,35,37)/t21-/m1/s1. The van der Waals surface area contributed by atoms with E-state index < -0.39 is 48.7 Å². The molecule has 216 valence electrons. The number of carbonyl (C=O) groups is 2. The molecule has 0 unspecified atom stereocenters. The number of halogens is 6. The largest absolute Gasteiger partial charge is 0.485 e. The Morgan fingerprint density at radius 2 is 1.57 bits per heavy atom. The highest BCUT2D eigenvalue weighted by molar-refractivity contribution is 7.14. The molecule has 0 aliphatic carbocycles. The van der Waals surface area contributed by atoms with Gasteiger partial charge in [-0.2, -0.15) is 26.3 Å². The highest BCUT2D eigenvalue weighted by Crippen LogP contribution is 2.38. The molecule has 2 aromatic carbocycles. The van der Waals surface area contributed by atoms with E-state index in [0.717, 1.165) is 23.5 Å². The molecule has 40 heavy (non-hydrogen) atoms. The molecule has 1 atom stereocenters. The lowest BCUT2D eigenvalue weighted by molar-refractivity contribution is -0.140. The van der Waals surface area contributed by atoms with E-state index in [0.29, 0.717) is 27.1 Å². The Bertz CT molecular complexity index is 1310. The fourth-order valence-corrected chi connectivity index (χ4v) is 5.09. The van der Waals surface area contributed by atoms with Crippen LogP contribution in [-0.4, -0.2) is 31.7 Å². The van der Waals surface area contributed by atoms with Crippen molar-refractivity contribution in [2.24, 2.45) is 0 Å². The number of rotatable bonds is 10. The van der Waals surface area contributed by atoms with Gasteiger partial charge in [0.2, 0.25) is 0 Å². The maximum Gasteiger partial charge on any atom is 0.416 e. The zero-order valence-electron chi connectivity index (χ0n) is 21.8. The third-order valence-electron chi connectivity index (χ3n) is 5.99. The van der Waals surface area contributed by atoms with Crippen molar-refractivity contribution >= 4 is 23.2 Å². The Balaban J connectivity index is 1.82. The molecule has 3 aromatic rings. The van der Waals surface area contributed by atoms with Gasteiger partial charge in [0.25, 0.3) is 5.91 Å². The predicted molar refractivity (Wildman–Crippen MR) is 138 cm³/mol. The van der Waals surface area contributed by atoms with Crippen LogP contribution in [0.3, 0.4) is 0 Å². The monoisotopic (exact) mass is 587 g/mol. The van der Waals surface area contributed by atoms with E-state index in [2.05, 4.69) is 10.1 Å². The summed E-state index contributed by atoms with van der Waals surface area (Å²) in [5, 5.41) is 2.56. The minimum absolute atomic E-state index is 0.0288. The maximum absolute atomic E-state index is 13.1. The van der Waals surface area contributed by atoms with E-state index in [1.807, 2.05) is 0 Å². The van der Waals surface area contributed by atoms with Crippen molar-refractivity contribution in [2.45, 2.75) is 51.6 Å². The first kappa shape index (κ1) is 31.0. The topological polar surface area (TPSA) is 64.6 Å². The molecule has 0 saturated carbocycles. The van der Waals surface area contributed by atoms with Gasteiger partial charge in [-0.1, -0.05) is 12.1 Å². The maximum atomic E-state index is 13.1. The predicted octanol–water partition coefficient (Wildman–Crippen LogP) is 7.81. The van der Waals surface area contributed by atoms with Crippen molar-refractivity contribution < 1.29 is 45.4 Å². The highest BCUT2D eigenvalue weighted by Gasteiger charge is 2.31. The second-order valence-corrected chi connectivity index (χ2v) is 10.2. The molecule has 0 fully saturated rings. The Kier molecular flexibility index (Phi) is 9.88. The molecule has 3 rings (SSSR count). The van der Waals surface area contributed by atoms with Crippen LogP contribution in [0.1, 0.15) is 56.6 Å². The number of thiophene rings is 1. The fraction of sp³-hybridized carbons (Fsp3) is 0.357. The number of alkyl halides is 6. The molecule has 0 radical (unpaired) electrons. The molecule has 1 heterocycles. The lowest BCUT2D eigenvalue weighted by Gasteiger charge is -2.21. The SMILES string of the molecule is COC(=O)CCNC(=O)c1ccc([C@@H](CCC(F)(F)F)Oc2cc(C)c(-c3ccc(C(F)(F)F)cc3)c(C)c2)s1. The van der Waals surface area contributed by atoms with Crippen molar-refractivity contribution in [3.05, 3.63) is 75.0 Å². The van der Waals surface area contributed by atoms with Crippen LogP contribution < -0.4 is 10.1 Å². The number of methoxy groups -OCH3 is 1. The summed E-state index contributed by atoms with van der Waals surface area (Å²) in [6.45, 7) is 3.51. The summed E-state index contributed by atoms with van der Waals surface area (Å²) in [5.74, 6) is -0.694. The lowest BCUT2D eigenvalue weighted by Crippen LogP contribution is -2.25. The summed E-state index contributed by atoms with van der Waals surface area (Å²) >= 11 is 0.983. The van der Waals surface area contributed by atoms with Crippen LogP contribution in [0, 0.1) is 13.8 Å². The van der Waals surface area contributed by atoms with E-state index in [1.165, 1.54) is 31.4 Å². The van der Waals surface area contributed by atoms with Crippen molar-refractivity contribution in [1.82, 2.24) is 5.32 Å². The number of carbonyl (C=O) groups excluding carboxylic acids is 2. The van der Waals surface area contributed by atoms with Crippen LogP contribution in [0.25, 0.3) is 11.1 Å². The third-order valence-corrected chi connectivity index (χ3v) is 7.16. The quantitative estimate of drug-likeness (QED) is 0.194. The summed E-state index contributed by atoms with van der Waals surface area (Å²) in [6, 6.07) is 11.0. The zero-order chi connectivity index (χ0) is 29.7. The molecule has 0 aliphatic heterocycles. The van der Waals surface area contributed by atoms with Gasteiger partial charge in [-0.15, -0.1) is 11.3 Å². The first-order valence-electron chi connectivity index (χ1n) is 12.1. The number of hydrogen-bond acceptors (Lipinski definition) is 5. The molecular weight excluding hydrogens is 560 g/mol. The minimum Gasteiger partial charge on any atom is -0.485 e. The normalized spacial score (nSPS) is 12.6. The number of hydrogen-bond donors (Lipinski definition) is 1. The summed E-state index contributed by atoms with van der Waals surface area (Å²) in [6.07, 6.45) is -11.4. The van der Waals surface area contributed by atoms with Crippen LogP contribution in [0.2, 0.25) is 0 Å². The van der Waals surface area contributed by atoms with E-state index in [9.17, 15) is 35.9 Å². The van der Waals surface area contributed by atoms with Crippen molar-refractivity contribution in [2.75, 3.05) is 13.7 Å². The summed E-state index contributed by atoms with van der Waals surface area (Å²) in [5.41, 5.74) is 1.81. The number of nitrogens with one attached hydrogen (secondary N) is 1. The van der Waals surface area contributed by atoms with Gasteiger partial charge < -0.3 is 14.8 Å². The van der Waals surface area contributed by atoms with Crippen LogP contribution in [0.15, 0.2) is 48.5 Å². The van der Waals surface area contributed by atoms with E-state index in [-0.39, 0.29) is 23.6 Å². The van der Waals surface area contributed by atoms with E-state index in [1.54, 1.807) is 26.0 Å². The molecule has 0 bridgehead atoms. The third kappa shape index (κ3) is 8.48. The second kappa shape index (κ2) is 12.8. The fourth-order valence-electron chi connectivity index (χ4n) is 4.11. The van der Waals surface area contributed by atoms with Crippen LogP contribution in [0.4, 0.5) is 26.3 Å². The van der Waals surface area contributed by atoms with Gasteiger partial charge in [0.1, 0.15) is 11.9 Å². The molecule has 0 saturated heterocycles. The zero-order valence-corrected chi connectivity index (χ0v) is 22.7. The molecule has 12 heteroatoms. The number of aryl methyl sites for hydroxylation is 2. The molecule has 1 amide bonds. The van der Waals surface area contributed by atoms with Crippen LogP contribution in [0.5, 0.6) is 5.75 Å². The second-order valence-electron chi connectivity index (χ2n) is 9.05. The Morgan fingerprint density at radius 1 is 0.950 bits per heavy atom. The molecule has 5 nitrogen and oxygen atoms in total. The molecule has 1 N–H and O–H groups in total.